The summed E-state index contributed by atoms with van der Waals surface area (Å²) < 4.78 is 5.55. The lowest BCUT2D eigenvalue weighted by atomic mass is 9.90. The summed E-state index contributed by atoms with van der Waals surface area (Å²) in [5.41, 5.74) is -0.274. The van der Waals surface area contributed by atoms with Crippen LogP contribution in [0.25, 0.3) is 0 Å². The number of carboxylic acid groups (broad SMARTS) is 1. The lowest BCUT2D eigenvalue weighted by Gasteiger charge is -2.30. The molecule has 0 heterocycles. The maximum atomic E-state index is 11.8. The number of carboxylic acids is 1. The van der Waals surface area contributed by atoms with Gasteiger partial charge < -0.3 is 9.84 Å². The van der Waals surface area contributed by atoms with Crippen LogP contribution >= 0.6 is 0 Å². The number of nitrogens with one attached hydrogen (secondary N) is 1. The van der Waals surface area contributed by atoms with Crippen molar-refractivity contribution in [2.75, 3.05) is 6.61 Å². The third kappa shape index (κ3) is 3.76. The summed E-state index contributed by atoms with van der Waals surface area (Å²) in [4.78, 5) is 11.8. The van der Waals surface area contributed by atoms with Crippen LogP contribution in [-0.2, 0) is 10.3 Å². The Balaban J connectivity index is 2.14. The molecule has 1 fully saturated rings. The molecule has 1 saturated carbocycles. The molecule has 0 spiro atoms. The van der Waals surface area contributed by atoms with E-state index in [1.807, 2.05) is 24.3 Å². The molecule has 0 radical (unpaired) electrons. The van der Waals surface area contributed by atoms with Crippen LogP contribution in [0.2, 0.25) is 0 Å². The second-order valence-corrected chi connectivity index (χ2v) is 5.93. The largest absolute Gasteiger partial charge is 0.494 e. The normalized spacial score (nSPS) is 18.4. The van der Waals surface area contributed by atoms with Crippen molar-refractivity contribution in [3.63, 3.8) is 0 Å². The van der Waals surface area contributed by atoms with Gasteiger partial charge in [-0.3, -0.25) is 5.32 Å². The van der Waals surface area contributed by atoms with Crippen molar-refractivity contribution in [2.45, 2.75) is 57.5 Å². The first kappa shape index (κ1) is 15.8. The Morgan fingerprint density at radius 3 is 2.48 bits per heavy atom. The quantitative estimate of drug-likeness (QED) is 0.809. The number of hydrogen-bond acceptors (Lipinski definition) is 3. The average molecular weight is 291 g/mol. The van der Waals surface area contributed by atoms with Crippen molar-refractivity contribution in [2.24, 2.45) is 0 Å². The first-order chi connectivity index (χ1) is 10.1. The first-order valence-electron chi connectivity index (χ1n) is 7.80. The second-order valence-electron chi connectivity index (χ2n) is 5.93. The molecule has 0 bridgehead atoms. The highest BCUT2D eigenvalue weighted by atomic mass is 16.5. The van der Waals surface area contributed by atoms with E-state index in [4.69, 9.17) is 4.74 Å². The van der Waals surface area contributed by atoms with Gasteiger partial charge in [0, 0.05) is 6.04 Å². The maximum absolute atomic E-state index is 11.8. The summed E-state index contributed by atoms with van der Waals surface area (Å²) in [6.07, 6.45) is 5.42. The second kappa shape index (κ2) is 6.94. The minimum atomic E-state index is -1.04. The highest BCUT2D eigenvalue weighted by Crippen LogP contribution is 2.28. The van der Waals surface area contributed by atoms with Crippen molar-refractivity contribution in [3.05, 3.63) is 29.8 Å². The molecule has 21 heavy (non-hydrogen) atoms. The van der Waals surface area contributed by atoms with E-state index in [0.29, 0.717) is 12.6 Å². The van der Waals surface area contributed by atoms with E-state index in [9.17, 15) is 9.90 Å². The van der Waals surface area contributed by atoms with Gasteiger partial charge in [0.05, 0.1) is 6.61 Å². The van der Waals surface area contributed by atoms with Gasteiger partial charge in [0.15, 0.2) is 0 Å². The SMILES string of the molecule is CCCOc1ccc(C(C)(NC2CCCC2)C(=O)O)cc1. The number of carbonyl (C=O) groups is 1. The Kier molecular flexibility index (Phi) is 5.23. The zero-order valence-corrected chi connectivity index (χ0v) is 12.9. The average Bonchev–Trinajstić information content (AvgIpc) is 2.98. The molecular weight excluding hydrogens is 266 g/mol. The minimum absolute atomic E-state index is 0.294. The molecule has 4 nitrogen and oxygen atoms in total. The summed E-state index contributed by atoms with van der Waals surface area (Å²) in [5.74, 6) is -0.0502. The van der Waals surface area contributed by atoms with Crippen LogP contribution in [0.3, 0.4) is 0 Å². The minimum Gasteiger partial charge on any atom is -0.494 e. The summed E-state index contributed by atoms with van der Waals surface area (Å²) in [5, 5.41) is 13.0. The topological polar surface area (TPSA) is 58.6 Å². The molecule has 1 aromatic carbocycles. The van der Waals surface area contributed by atoms with Crippen LogP contribution in [0.15, 0.2) is 24.3 Å². The number of hydrogen-bond donors (Lipinski definition) is 2. The highest BCUT2D eigenvalue weighted by Gasteiger charge is 2.37. The molecular formula is C17H25NO3. The standard InChI is InChI=1S/C17H25NO3/c1-3-12-21-15-10-8-13(9-11-15)17(2,16(19)20)18-14-6-4-5-7-14/h8-11,14,18H,3-7,12H2,1-2H3,(H,19,20). The van der Waals surface area contributed by atoms with Crippen LogP contribution in [0.5, 0.6) is 5.75 Å². The summed E-state index contributed by atoms with van der Waals surface area (Å²) in [6.45, 7) is 4.48. The Morgan fingerprint density at radius 1 is 1.33 bits per heavy atom. The molecule has 2 rings (SSSR count). The van der Waals surface area contributed by atoms with E-state index < -0.39 is 11.5 Å². The van der Waals surface area contributed by atoms with Gasteiger partial charge in [0.25, 0.3) is 0 Å². The van der Waals surface area contributed by atoms with E-state index in [2.05, 4.69) is 12.2 Å². The molecule has 1 unspecified atom stereocenters. The fraction of sp³-hybridized carbons (Fsp3) is 0.588. The molecule has 1 aliphatic carbocycles. The third-order valence-electron chi connectivity index (χ3n) is 4.18. The van der Waals surface area contributed by atoms with Gasteiger partial charge >= 0.3 is 5.97 Å². The van der Waals surface area contributed by atoms with E-state index in [1.165, 1.54) is 12.8 Å². The van der Waals surface area contributed by atoms with Crippen LogP contribution in [0, 0.1) is 0 Å². The Labute approximate surface area is 126 Å². The molecule has 4 heteroatoms. The zero-order chi connectivity index (χ0) is 15.3. The molecule has 1 aliphatic rings. The van der Waals surface area contributed by atoms with Gasteiger partial charge in [0.1, 0.15) is 11.3 Å². The molecule has 1 atom stereocenters. The summed E-state index contributed by atoms with van der Waals surface area (Å²) in [7, 11) is 0. The zero-order valence-electron chi connectivity index (χ0n) is 12.9. The smallest absolute Gasteiger partial charge is 0.328 e. The van der Waals surface area contributed by atoms with Crippen LogP contribution < -0.4 is 10.1 Å². The summed E-state index contributed by atoms with van der Waals surface area (Å²) in [6, 6.07) is 7.69. The Morgan fingerprint density at radius 2 is 1.95 bits per heavy atom. The van der Waals surface area contributed by atoms with Gasteiger partial charge in [-0.05, 0) is 43.9 Å². The van der Waals surface area contributed by atoms with Crippen molar-refractivity contribution in [3.8, 4) is 5.75 Å². The Hall–Kier alpha value is -1.55. The Bertz CT molecular complexity index is 465. The molecule has 0 aromatic heterocycles. The van der Waals surface area contributed by atoms with Gasteiger partial charge in [0.2, 0.25) is 0 Å². The lowest BCUT2D eigenvalue weighted by molar-refractivity contribution is -0.145. The number of aliphatic carboxylic acids is 1. The third-order valence-corrected chi connectivity index (χ3v) is 4.18. The van der Waals surface area contributed by atoms with Crippen molar-refractivity contribution >= 4 is 5.97 Å². The maximum Gasteiger partial charge on any atom is 0.328 e. The summed E-state index contributed by atoms with van der Waals surface area (Å²) >= 11 is 0. The van der Waals surface area contributed by atoms with Gasteiger partial charge in [-0.15, -0.1) is 0 Å². The highest BCUT2D eigenvalue weighted by molar-refractivity contribution is 5.80. The van der Waals surface area contributed by atoms with Gasteiger partial charge in [-0.2, -0.15) is 0 Å². The number of ether oxygens (including phenoxy) is 1. The van der Waals surface area contributed by atoms with E-state index in [-0.39, 0.29) is 0 Å². The van der Waals surface area contributed by atoms with Crippen molar-refractivity contribution in [1.82, 2.24) is 5.32 Å². The lowest BCUT2D eigenvalue weighted by Crippen LogP contribution is -2.50. The fourth-order valence-electron chi connectivity index (χ4n) is 2.85. The van der Waals surface area contributed by atoms with Crippen molar-refractivity contribution < 1.29 is 14.6 Å². The monoisotopic (exact) mass is 291 g/mol. The molecule has 116 valence electrons. The van der Waals surface area contributed by atoms with Crippen LogP contribution in [0.1, 0.15) is 51.5 Å². The van der Waals surface area contributed by atoms with E-state index >= 15 is 0 Å². The van der Waals surface area contributed by atoms with Crippen LogP contribution in [-0.4, -0.2) is 23.7 Å². The fourth-order valence-corrected chi connectivity index (χ4v) is 2.85. The number of benzene rings is 1. The van der Waals surface area contributed by atoms with Crippen LogP contribution in [0.4, 0.5) is 0 Å². The molecule has 0 amide bonds. The van der Waals surface area contributed by atoms with Gasteiger partial charge in [-0.1, -0.05) is 31.9 Å². The molecule has 2 N–H and O–H groups in total. The first-order valence-corrected chi connectivity index (χ1v) is 7.80. The molecule has 0 saturated heterocycles. The van der Waals surface area contributed by atoms with Crippen molar-refractivity contribution in [1.29, 1.82) is 0 Å². The van der Waals surface area contributed by atoms with Gasteiger partial charge in [-0.25, -0.2) is 4.79 Å². The predicted molar refractivity (Wildman–Crippen MR) is 82.6 cm³/mol. The molecule has 1 aromatic rings. The van der Waals surface area contributed by atoms with E-state index in [0.717, 1.165) is 30.6 Å². The molecule has 0 aliphatic heterocycles. The van der Waals surface area contributed by atoms with E-state index in [1.54, 1.807) is 6.92 Å². The predicted octanol–water partition coefficient (Wildman–Crippen LogP) is 3.31. The number of rotatable bonds is 7.